The molecular formula is C15H15N3O2. The molecule has 102 valence electrons. The van der Waals surface area contributed by atoms with E-state index in [1.54, 1.807) is 24.3 Å². The van der Waals surface area contributed by atoms with Gasteiger partial charge in [0.15, 0.2) is 0 Å². The molecule has 1 unspecified atom stereocenters. The number of carbonyl (C=O) groups is 1. The molecule has 20 heavy (non-hydrogen) atoms. The number of benzene rings is 1. The molecule has 0 fully saturated rings. The molecule has 0 saturated carbocycles. The molecule has 1 heterocycles. The molecule has 5 heteroatoms. The predicted octanol–water partition coefficient (Wildman–Crippen LogP) is 2.65. The maximum absolute atomic E-state index is 12.1. The molecule has 1 aromatic heterocycles. The Morgan fingerprint density at radius 3 is 2.50 bits per heavy atom. The molecule has 0 saturated heterocycles. The number of nitrogens with one attached hydrogen (secondary N) is 1. The Kier molecular flexibility index (Phi) is 3.85. The van der Waals surface area contributed by atoms with Gasteiger partial charge in [-0.2, -0.15) is 5.26 Å². The summed E-state index contributed by atoms with van der Waals surface area (Å²) in [6.45, 7) is 5.55. The first-order chi connectivity index (χ1) is 9.52. The SMILES string of the molecule is Cc1noc(C)c1C(C)NC(=O)c1ccc(C#N)cc1. The molecule has 0 radical (unpaired) electrons. The van der Waals surface area contributed by atoms with Gasteiger partial charge < -0.3 is 9.84 Å². The van der Waals surface area contributed by atoms with Crippen molar-refractivity contribution < 1.29 is 9.32 Å². The highest BCUT2D eigenvalue weighted by Gasteiger charge is 2.18. The summed E-state index contributed by atoms with van der Waals surface area (Å²) in [7, 11) is 0. The Bertz CT molecular complexity index is 646. The van der Waals surface area contributed by atoms with Crippen molar-refractivity contribution in [2.45, 2.75) is 26.8 Å². The van der Waals surface area contributed by atoms with E-state index in [1.807, 2.05) is 26.8 Å². The zero-order valence-electron chi connectivity index (χ0n) is 11.6. The lowest BCUT2D eigenvalue weighted by molar-refractivity contribution is 0.0939. The topological polar surface area (TPSA) is 78.9 Å². The minimum atomic E-state index is -0.193. The summed E-state index contributed by atoms with van der Waals surface area (Å²) in [5.74, 6) is 0.511. The van der Waals surface area contributed by atoms with Crippen molar-refractivity contribution in [1.82, 2.24) is 10.5 Å². The molecule has 1 aromatic carbocycles. The van der Waals surface area contributed by atoms with Crippen LogP contribution < -0.4 is 5.32 Å². The molecule has 1 N–H and O–H groups in total. The average Bonchev–Trinajstić information content (AvgIpc) is 2.78. The fourth-order valence-corrected chi connectivity index (χ4v) is 2.16. The molecule has 0 aliphatic rings. The second kappa shape index (κ2) is 5.57. The van der Waals surface area contributed by atoms with Crippen LogP contribution in [0.2, 0.25) is 0 Å². The molecule has 1 amide bonds. The summed E-state index contributed by atoms with van der Waals surface area (Å²) in [4.78, 5) is 12.1. The molecule has 2 aromatic rings. The summed E-state index contributed by atoms with van der Waals surface area (Å²) in [6.07, 6.45) is 0. The number of nitrogens with zero attached hydrogens (tertiary/aromatic N) is 2. The highest BCUT2D eigenvalue weighted by molar-refractivity contribution is 5.94. The van der Waals surface area contributed by atoms with Crippen molar-refractivity contribution in [3.63, 3.8) is 0 Å². The lowest BCUT2D eigenvalue weighted by Gasteiger charge is -2.13. The van der Waals surface area contributed by atoms with Crippen molar-refractivity contribution in [2.24, 2.45) is 0 Å². The second-order valence-electron chi connectivity index (χ2n) is 4.62. The Morgan fingerprint density at radius 1 is 1.35 bits per heavy atom. The van der Waals surface area contributed by atoms with Crippen LogP contribution in [-0.4, -0.2) is 11.1 Å². The van der Waals surface area contributed by atoms with Crippen molar-refractivity contribution in [3.8, 4) is 6.07 Å². The zero-order chi connectivity index (χ0) is 14.7. The Morgan fingerprint density at radius 2 is 2.00 bits per heavy atom. The predicted molar refractivity (Wildman–Crippen MR) is 73.0 cm³/mol. The standard InChI is InChI=1S/C15H15N3O2/c1-9(14-10(2)18-20-11(14)3)17-15(19)13-6-4-12(8-16)5-7-13/h4-7,9H,1-3H3,(H,17,19). The van der Waals surface area contributed by atoms with Crippen LogP contribution in [-0.2, 0) is 0 Å². The third-order valence-electron chi connectivity index (χ3n) is 3.15. The lowest BCUT2D eigenvalue weighted by atomic mass is 10.1. The van der Waals surface area contributed by atoms with E-state index >= 15 is 0 Å². The maximum atomic E-state index is 12.1. The summed E-state index contributed by atoms with van der Waals surface area (Å²) in [6, 6.07) is 8.34. The van der Waals surface area contributed by atoms with Crippen molar-refractivity contribution in [3.05, 3.63) is 52.4 Å². The number of hydrogen-bond donors (Lipinski definition) is 1. The summed E-state index contributed by atoms with van der Waals surface area (Å²) in [5, 5.41) is 15.5. The van der Waals surface area contributed by atoms with Crippen LogP contribution in [0.3, 0.4) is 0 Å². The zero-order valence-corrected chi connectivity index (χ0v) is 11.6. The summed E-state index contributed by atoms with van der Waals surface area (Å²) >= 11 is 0. The van der Waals surface area contributed by atoms with Gasteiger partial charge in [-0.1, -0.05) is 5.16 Å². The van der Waals surface area contributed by atoms with Crippen LogP contribution in [0.1, 0.15) is 45.9 Å². The van der Waals surface area contributed by atoms with E-state index < -0.39 is 0 Å². The van der Waals surface area contributed by atoms with Gasteiger partial charge in [-0.15, -0.1) is 0 Å². The first kappa shape index (κ1) is 13.8. The smallest absolute Gasteiger partial charge is 0.251 e. The van der Waals surface area contributed by atoms with Crippen molar-refractivity contribution in [1.29, 1.82) is 5.26 Å². The van der Waals surface area contributed by atoms with Gasteiger partial charge in [0.1, 0.15) is 5.76 Å². The number of aromatic nitrogens is 1. The molecule has 0 aliphatic heterocycles. The van der Waals surface area contributed by atoms with Gasteiger partial charge in [-0.3, -0.25) is 4.79 Å². The number of aryl methyl sites for hydroxylation is 2. The van der Waals surface area contributed by atoms with E-state index in [2.05, 4.69) is 10.5 Å². The van der Waals surface area contributed by atoms with Gasteiger partial charge in [-0.25, -0.2) is 0 Å². The molecule has 2 rings (SSSR count). The van der Waals surface area contributed by atoms with E-state index in [9.17, 15) is 4.79 Å². The molecular weight excluding hydrogens is 254 g/mol. The van der Waals surface area contributed by atoms with Gasteiger partial charge in [0.25, 0.3) is 5.91 Å². The van der Waals surface area contributed by atoms with Crippen molar-refractivity contribution >= 4 is 5.91 Å². The number of nitriles is 1. The minimum absolute atomic E-state index is 0.190. The maximum Gasteiger partial charge on any atom is 0.251 e. The van der Waals surface area contributed by atoms with Crippen LogP contribution in [0, 0.1) is 25.2 Å². The molecule has 1 atom stereocenters. The normalized spacial score (nSPS) is 11.7. The van der Waals surface area contributed by atoms with Crippen LogP contribution in [0.4, 0.5) is 0 Å². The Balaban J connectivity index is 2.13. The van der Waals surface area contributed by atoms with Crippen molar-refractivity contribution in [2.75, 3.05) is 0 Å². The van der Waals surface area contributed by atoms with Crippen LogP contribution in [0.15, 0.2) is 28.8 Å². The average molecular weight is 269 g/mol. The molecule has 0 aliphatic carbocycles. The Labute approximate surface area is 117 Å². The number of hydrogen-bond acceptors (Lipinski definition) is 4. The first-order valence-electron chi connectivity index (χ1n) is 6.26. The lowest BCUT2D eigenvalue weighted by Crippen LogP contribution is -2.27. The van der Waals surface area contributed by atoms with E-state index in [0.29, 0.717) is 16.9 Å². The van der Waals surface area contributed by atoms with E-state index in [4.69, 9.17) is 9.78 Å². The van der Waals surface area contributed by atoms with Gasteiger partial charge >= 0.3 is 0 Å². The number of rotatable bonds is 3. The number of carbonyl (C=O) groups excluding carboxylic acids is 1. The van der Waals surface area contributed by atoms with E-state index in [0.717, 1.165) is 11.3 Å². The van der Waals surface area contributed by atoms with Gasteiger partial charge in [0, 0.05) is 11.1 Å². The third-order valence-corrected chi connectivity index (χ3v) is 3.15. The van der Waals surface area contributed by atoms with E-state index in [-0.39, 0.29) is 11.9 Å². The second-order valence-corrected chi connectivity index (χ2v) is 4.62. The molecule has 0 spiro atoms. The number of amides is 1. The highest BCUT2D eigenvalue weighted by Crippen LogP contribution is 2.21. The van der Waals surface area contributed by atoms with Crippen LogP contribution in [0.25, 0.3) is 0 Å². The van der Waals surface area contributed by atoms with Crippen LogP contribution in [0.5, 0.6) is 0 Å². The van der Waals surface area contributed by atoms with Gasteiger partial charge in [0.2, 0.25) is 0 Å². The minimum Gasteiger partial charge on any atom is -0.361 e. The summed E-state index contributed by atoms with van der Waals surface area (Å²) in [5.41, 5.74) is 2.71. The first-order valence-corrected chi connectivity index (χ1v) is 6.26. The summed E-state index contributed by atoms with van der Waals surface area (Å²) < 4.78 is 5.10. The van der Waals surface area contributed by atoms with Gasteiger partial charge in [0.05, 0.1) is 23.4 Å². The Hall–Kier alpha value is -2.61. The highest BCUT2D eigenvalue weighted by atomic mass is 16.5. The monoisotopic (exact) mass is 269 g/mol. The fourth-order valence-electron chi connectivity index (χ4n) is 2.16. The van der Waals surface area contributed by atoms with Gasteiger partial charge in [-0.05, 0) is 45.0 Å². The third kappa shape index (κ3) is 2.69. The largest absolute Gasteiger partial charge is 0.361 e. The quantitative estimate of drug-likeness (QED) is 0.929. The molecule has 0 bridgehead atoms. The fraction of sp³-hybridized carbons (Fsp3) is 0.267. The van der Waals surface area contributed by atoms with E-state index in [1.165, 1.54) is 0 Å². The van der Waals surface area contributed by atoms with Crippen LogP contribution >= 0.6 is 0 Å². The molecule has 5 nitrogen and oxygen atoms in total.